The summed E-state index contributed by atoms with van der Waals surface area (Å²) in [5.74, 6) is -1.57. The molecule has 4 aromatic carbocycles. The molecule has 0 unspecified atom stereocenters. The fourth-order valence-corrected chi connectivity index (χ4v) is 6.31. The molecule has 43 heavy (non-hydrogen) atoms. The van der Waals surface area contributed by atoms with Crippen molar-refractivity contribution in [2.45, 2.75) is 44.2 Å². The lowest BCUT2D eigenvalue weighted by atomic mass is 10.0. The number of hydrogen-bond acceptors (Lipinski definition) is 4. The van der Waals surface area contributed by atoms with Gasteiger partial charge in [0.05, 0.1) is 10.6 Å². The van der Waals surface area contributed by atoms with Gasteiger partial charge in [0, 0.05) is 25.1 Å². The Hall–Kier alpha value is -4.50. The quantitative estimate of drug-likeness (QED) is 0.219. The standard InChI is InChI=1S/C34H36FN3O4S/c1-3-22-36-34(40)32(23-27-15-6-4-7-16-27)37(24-28-17-11-12-20-30(28)35)33(39)25-38(31-21-13-10-14-26(31)2)43(41,42)29-18-8-5-9-19-29/h4-21,32H,3,22-25H2,1-2H3,(H,36,40)/t32-/m0/s1. The van der Waals surface area contributed by atoms with Crippen LogP contribution in [0.5, 0.6) is 0 Å². The number of sulfonamides is 1. The first-order chi connectivity index (χ1) is 20.7. The first-order valence-electron chi connectivity index (χ1n) is 14.2. The number of rotatable bonds is 13. The van der Waals surface area contributed by atoms with Crippen LogP contribution in [0.3, 0.4) is 0 Å². The van der Waals surface area contributed by atoms with E-state index >= 15 is 0 Å². The molecule has 2 amide bonds. The number of nitrogens with zero attached hydrogens (tertiary/aromatic N) is 2. The van der Waals surface area contributed by atoms with E-state index in [-0.39, 0.29) is 23.4 Å². The molecule has 0 aliphatic carbocycles. The minimum Gasteiger partial charge on any atom is -0.354 e. The van der Waals surface area contributed by atoms with Gasteiger partial charge in [0.15, 0.2) is 0 Å². The molecule has 224 valence electrons. The van der Waals surface area contributed by atoms with Crippen molar-refractivity contribution in [2.75, 3.05) is 17.4 Å². The summed E-state index contributed by atoms with van der Waals surface area (Å²) in [6.45, 7) is 3.26. The minimum absolute atomic E-state index is 0.0215. The number of carbonyl (C=O) groups is 2. The van der Waals surface area contributed by atoms with Crippen molar-refractivity contribution in [3.05, 3.63) is 132 Å². The molecule has 9 heteroatoms. The first kappa shape index (κ1) is 31.4. The second-order valence-corrected chi connectivity index (χ2v) is 12.1. The van der Waals surface area contributed by atoms with Crippen LogP contribution >= 0.6 is 0 Å². The maximum absolute atomic E-state index is 15.0. The summed E-state index contributed by atoms with van der Waals surface area (Å²) < 4.78 is 44.0. The van der Waals surface area contributed by atoms with Gasteiger partial charge in [-0.2, -0.15) is 0 Å². The molecule has 0 aromatic heterocycles. The number of anilines is 1. The summed E-state index contributed by atoms with van der Waals surface area (Å²) in [6.07, 6.45) is 0.841. The predicted molar refractivity (Wildman–Crippen MR) is 166 cm³/mol. The highest BCUT2D eigenvalue weighted by atomic mass is 32.2. The molecular weight excluding hydrogens is 565 g/mol. The second-order valence-electron chi connectivity index (χ2n) is 10.2. The van der Waals surface area contributed by atoms with E-state index in [0.29, 0.717) is 24.2 Å². The summed E-state index contributed by atoms with van der Waals surface area (Å²) in [4.78, 5) is 29.3. The number of amides is 2. The van der Waals surface area contributed by atoms with E-state index in [1.807, 2.05) is 37.3 Å². The number of nitrogens with one attached hydrogen (secondary N) is 1. The third-order valence-electron chi connectivity index (χ3n) is 7.11. The van der Waals surface area contributed by atoms with Crippen LogP contribution in [0.15, 0.2) is 114 Å². The SMILES string of the molecule is CCCNC(=O)[C@H](Cc1ccccc1)N(Cc1ccccc1F)C(=O)CN(c1ccccc1C)S(=O)(=O)c1ccccc1. The molecule has 7 nitrogen and oxygen atoms in total. The lowest BCUT2D eigenvalue weighted by molar-refractivity contribution is -0.140. The first-order valence-corrected chi connectivity index (χ1v) is 15.6. The maximum Gasteiger partial charge on any atom is 0.264 e. The van der Waals surface area contributed by atoms with E-state index in [9.17, 15) is 22.4 Å². The Bertz CT molecular complexity index is 1630. The van der Waals surface area contributed by atoms with Crippen molar-refractivity contribution in [1.82, 2.24) is 10.2 Å². The van der Waals surface area contributed by atoms with Crippen LogP contribution in [0.2, 0.25) is 0 Å². The average molecular weight is 602 g/mol. The molecule has 0 saturated carbocycles. The van der Waals surface area contributed by atoms with Crippen molar-refractivity contribution in [3.63, 3.8) is 0 Å². The van der Waals surface area contributed by atoms with Gasteiger partial charge in [-0.25, -0.2) is 12.8 Å². The summed E-state index contributed by atoms with van der Waals surface area (Å²) in [6, 6.07) is 29.0. The van der Waals surface area contributed by atoms with Gasteiger partial charge in [-0.1, -0.05) is 91.9 Å². The van der Waals surface area contributed by atoms with Crippen LogP contribution in [0.4, 0.5) is 10.1 Å². The van der Waals surface area contributed by atoms with Crippen molar-refractivity contribution in [1.29, 1.82) is 0 Å². The highest BCUT2D eigenvalue weighted by Gasteiger charge is 2.35. The van der Waals surface area contributed by atoms with Crippen LogP contribution in [0.25, 0.3) is 0 Å². The van der Waals surface area contributed by atoms with Crippen molar-refractivity contribution < 1.29 is 22.4 Å². The van der Waals surface area contributed by atoms with Gasteiger partial charge in [0.2, 0.25) is 11.8 Å². The van der Waals surface area contributed by atoms with Crippen LogP contribution in [0, 0.1) is 12.7 Å². The van der Waals surface area contributed by atoms with Gasteiger partial charge >= 0.3 is 0 Å². The number of halogens is 1. The Balaban J connectivity index is 1.81. The molecule has 1 atom stereocenters. The van der Waals surface area contributed by atoms with E-state index in [0.717, 1.165) is 9.87 Å². The molecule has 0 aliphatic heterocycles. The second kappa shape index (κ2) is 14.6. The predicted octanol–water partition coefficient (Wildman–Crippen LogP) is 5.50. The third kappa shape index (κ3) is 7.87. The van der Waals surface area contributed by atoms with Gasteiger partial charge in [-0.15, -0.1) is 0 Å². The maximum atomic E-state index is 15.0. The summed E-state index contributed by atoms with van der Waals surface area (Å²) >= 11 is 0. The zero-order valence-electron chi connectivity index (χ0n) is 24.3. The molecule has 4 rings (SSSR count). The smallest absolute Gasteiger partial charge is 0.264 e. The molecule has 0 fully saturated rings. The number of hydrogen-bond donors (Lipinski definition) is 1. The Morgan fingerprint density at radius 2 is 1.44 bits per heavy atom. The highest BCUT2D eigenvalue weighted by Crippen LogP contribution is 2.27. The van der Waals surface area contributed by atoms with E-state index < -0.39 is 40.2 Å². The number of aryl methyl sites for hydroxylation is 1. The van der Waals surface area contributed by atoms with E-state index in [1.165, 1.54) is 23.1 Å². The summed E-state index contributed by atoms with van der Waals surface area (Å²) in [5, 5.41) is 2.88. The van der Waals surface area contributed by atoms with Crippen LogP contribution in [-0.4, -0.2) is 44.3 Å². The van der Waals surface area contributed by atoms with Crippen molar-refractivity contribution in [3.8, 4) is 0 Å². The molecular formula is C34H36FN3O4S. The van der Waals surface area contributed by atoms with E-state index in [2.05, 4.69) is 5.32 Å². The number of para-hydroxylation sites is 1. The lowest BCUT2D eigenvalue weighted by Gasteiger charge is -2.34. The fraction of sp³-hybridized carbons (Fsp3) is 0.235. The summed E-state index contributed by atoms with van der Waals surface area (Å²) in [7, 11) is -4.19. The largest absolute Gasteiger partial charge is 0.354 e. The monoisotopic (exact) mass is 601 g/mol. The third-order valence-corrected chi connectivity index (χ3v) is 8.89. The number of benzene rings is 4. The van der Waals surface area contributed by atoms with Crippen LogP contribution < -0.4 is 9.62 Å². The Kier molecular flexibility index (Phi) is 10.7. The van der Waals surface area contributed by atoms with Crippen LogP contribution in [0.1, 0.15) is 30.0 Å². The van der Waals surface area contributed by atoms with Gasteiger partial charge < -0.3 is 10.2 Å². The number of carbonyl (C=O) groups excluding carboxylic acids is 2. The van der Waals surface area contributed by atoms with Gasteiger partial charge in [-0.3, -0.25) is 13.9 Å². The zero-order chi connectivity index (χ0) is 30.8. The lowest BCUT2D eigenvalue weighted by Crippen LogP contribution is -2.53. The molecule has 0 spiro atoms. The summed E-state index contributed by atoms with van der Waals surface area (Å²) in [5.41, 5.74) is 2.00. The van der Waals surface area contributed by atoms with Gasteiger partial charge in [0.1, 0.15) is 18.4 Å². The molecule has 4 aromatic rings. The minimum atomic E-state index is -4.19. The van der Waals surface area contributed by atoms with Crippen molar-refractivity contribution >= 4 is 27.5 Å². The van der Waals surface area contributed by atoms with E-state index in [1.54, 1.807) is 67.6 Å². The Morgan fingerprint density at radius 3 is 2.09 bits per heavy atom. The Morgan fingerprint density at radius 1 is 0.837 bits per heavy atom. The molecule has 0 radical (unpaired) electrons. The van der Waals surface area contributed by atoms with Crippen LogP contribution in [-0.2, 0) is 32.6 Å². The van der Waals surface area contributed by atoms with Gasteiger partial charge in [0.25, 0.3) is 10.0 Å². The highest BCUT2D eigenvalue weighted by molar-refractivity contribution is 7.92. The topological polar surface area (TPSA) is 86.8 Å². The van der Waals surface area contributed by atoms with E-state index in [4.69, 9.17) is 0 Å². The molecule has 0 aliphatic rings. The molecule has 1 N–H and O–H groups in total. The normalized spacial score (nSPS) is 11.9. The molecule has 0 saturated heterocycles. The fourth-order valence-electron chi connectivity index (χ4n) is 4.81. The Labute approximate surface area is 253 Å². The van der Waals surface area contributed by atoms with Gasteiger partial charge in [-0.05, 0) is 48.7 Å². The van der Waals surface area contributed by atoms with Crippen molar-refractivity contribution in [2.24, 2.45) is 0 Å². The zero-order valence-corrected chi connectivity index (χ0v) is 25.1. The average Bonchev–Trinajstić information content (AvgIpc) is 3.02. The molecule has 0 heterocycles. The molecule has 0 bridgehead atoms.